The van der Waals surface area contributed by atoms with E-state index in [1.807, 2.05) is 6.92 Å². The van der Waals surface area contributed by atoms with Crippen LogP contribution in [-0.2, 0) is 9.53 Å². The third-order valence-corrected chi connectivity index (χ3v) is 6.46. The van der Waals surface area contributed by atoms with E-state index in [9.17, 15) is 9.59 Å². The van der Waals surface area contributed by atoms with Crippen molar-refractivity contribution < 1.29 is 9.53 Å². The molecule has 3 aromatic rings. The van der Waals surface area contributed by atoms with Crippen LogP contribution in [0.25, 0.3) is 21.3 Å². The predicted molar refractivity (Wildman–Crippen MR) is 112 cm³/mol. The number of esters is 1. The summed E-state index contributed by atoms with van der Waals surface area (Å²) in [5.74, 6) is 0.470. The molecule has 5 nitrogen and oxygen atoms in total. The average molecular weight is 403 g/mol. The van der Waals surface area contributed by atoms with Gasteiger partial charge in [0.25, 0.3) is 5.56 Å². The van der Waals surface area contributed by atoms with E-state index in [4.69, 9.17) is 0 Å². The average Bonchev–Trinajstić information content (AvgIpc) is 2.97. The zero-order valence-corrected chi connectivity index (χ0v) is 17.5. The minimum atomic E-state index is -0.223. The van der Waals surface area contributed by atoms with Crippen LogP contribution >= 0.6 is 23.1 Å². The number of nitrogens with one attached hydrogen (secondary N) is 1. The molecule has 2 aromatic heterocycles. The van der Waals surface area contributed by atoms with Crippen molar-refractivity contribution in [1.82, 2.24) is 9.97 Å². The third-order valence-electron chi connectivity index (χ3n) is 4.50. The number of H-pyrrole nitrogens is 1. The molecule has 7 heteroatoms. The summed E-state index contributed by atoms with van der Waals surface area (Å²) in [6.07, 6.45) is 1.04. The fourth-order valence-electron chi connectivity index (χ4n) is 2.90. The van der Waals surface area contributed by atoms with Gasteiger partial charge in [-0.15, -0.1) is 11.3 Å². The first kappa shape index (κ1) is 19.6. The second-order valence-corrected chi connectivity index (χ2v) is 8.70. The van der Waals surface area contributed by atoms with E-state index in [2.05, 4.69) is 46.8 Å². The minimum absolute atomic E-state index is 0.118. The number of hydrogen-bond donors (Lipinski definition) is 1. The van der Waals surface area contributed by atoms with Gasteiger partial charge in [0.15, 0.2) is 5.16 Å². The Morgan fingerprint density at radius 1 is 1.26 bits per heavy atom. The summed E-state index contributed by atoms with van der Waals surface area (Å²) in [5, 5.41) is 1.24. The molecule has 0 radical (unpaired) electrons. The van der Waals surface area contributed by atoms with Crippen LogP contribution < -0.4 is 5.56 Å². The Labute approximate surface area is 166 Å². The molecule has 0 amide bonds. The van der Waals surface area contributed by atoms with Gasteiger partial charge in [-0.2, -0.15) is 0 Å². The molecule has 0 spiro atoms. The molecule has 0 aliphatic rings. The highest BCUT2D eigenvalue weighted by molar-refractivity contribution is 7.99. The van der Waals surface area contributed by atoms with Crippen LogP contribution in [0, 0.1) is 20.8 Å². The number of aryl methyl sites for hydroxylation is 3. The van der Waals surface area contributed by atoms with Crippen LogP contribution in [0.5, 0.6) is 0 Å². The predicted octanol–water partition coefficient (Wildman–Crippen LogP) is 4.62. The van der Waals surface area contributed by atoms with Crippen LogP contribution in [0.3, 0.4) is 0 Å². The van der Waals surface area contributed by atoms with Gasteiger partial charge >= 0.3 is 5.97 Å². The molecule has 142 valence electrons. The molecule has 0 saturated heterocycles. The van der Waals surface area contributed by atoms with Crippen molar-refractivity contribution in [2.75, 3.05) is 12.9 Å². The number of benzene rings is 1. The van der Waals surface area contributed by atoms with Gasteiger partial charge in [-0.3, -0.25) is 9.59 Å². The number of ether oxygens (including phenoxy) is 1. The number of aromatic nitrogens is 2. The van der Waals surface area contributed by atoms with Crippen molar-refractivity contribution in [3.63, 3.8) is 0 Å². The number of aromatic amines is 1. The highest BCUT2D eigenvalue weighted by Crippen LogP contribution is 2.36. The highest BCUT2D eigenvalue weighted by Gasteiger charge is 2.17. The summed E-state index contributed by atoms with van der Waals surface area (Å²) < 4.78 is 4.63. The molecule has 0 saturated carbocycles. The lowest BCUT2D eigenvalue weighted by Crippen LogP contribution is -2.09. The zero-order valence-electron chi connectivity index (χ0n) is 15.8. The van der Waals surface area contributed by atoms with Crippen LogP contribution in [0.1, 0.15) is 28.8 Å². The fraction of sp³-hybridized carbons (Fsp3) is 0.350. The molecule has 0 bridgehead atoms. The number of nitrogens with zero attached hydrogens (tertiary/aromatic N) is 1. The van der Waals surface area contributed by atoms with Gasteiger partial charge in [-0.25, -0.2) is 4.98 Å². The van der Waals surface area contributed by atoms with E-state index < -0.39 is 0 Å². The Kier molecular flexibility index (Phi) is 6.01. The second-order valence-electron chi connectivity index (χ2n) is 6.41. The first-order valence-electron chi connectivity index (χ1n) is 8.71. The summed E-state index contributed by atoms with van der Waals surface area (Å²) in [6, 6.07) is 6.27. The molecule has 0 unspecified atom stereocenters. The van der Waals surface area contributed by atoms with Gasteiger partial charge in [0.2, 0.25) is 0 Å². The van der Waals surface area contributed by atoms with E-state index in [-0.39, 0.29) is 11.5 Å². The Hall–Kier alpha value is -2.12. The van der Waals surface area contributed by atoms with Gasteiger partial charge in [0, 0.05) is 22.6 Å². The lowest BCUT2D eigenvalue weighted by molar-refractivity contribution is -0.140. The summed E-state index contributed by atoms with van der Waals surface area (Å²) >= 11 is 2.99. The molecule has 0 fully saturated rings. The van der Waals surface area contributed by atoms with Crippen molar-refractivity contribution in [3.05, 3.63) is 44.6 Å². The Bertz CT molecular complexity index is 1050. The van der Waals surface area contributed by atoms with Crippen molar-refractivity contribution in [2.45, 2.75) is 38.8 Å². The normalized spacial score (nSPS) is 11.1. The van der Waals surface area contributed by atoms with Crippen molar-refractivity contribution in [2.24, 2.45) is 0 Å². The zero-order chi connectivity index (χ0) is 19.6. The van der Waals surface area contributed by atoms with E-state index in [0.717, 1.165) is 20.8 Å². The molecule has 0 aliphatic heterocycles. The maximum absolute atomic E-state index is 12.8. The number of carbonyl (C=O) groups is 1. The molecule has 0 aliphatic carbocycles. The van der Waals surface area contributed by atoms with Gasteiger partial charge in [-0.1, -0.05) is 30.0 Å². The first-order valence-corrected chi connectivity index (χ1v) is 10.5. The summed E-state index contributed by atoms with van der Waals surface area (Å²) in [7, 11) is 1.38. The number of thiophene rings is 1. The van der Waals surface area contributed by atoms with Gasteiger partial charge in [0.05, 0.1) is 12.5 Å². The number of rotatable bonds is 6. The van der Waals surface area contributed by atoms with Gasteiger partial charge < -0.3 is 9.72 Å². The fourth-order valence-corrected chi connectivity index (χ4v) is 4.81. The molecule has 0 atom stereocenters. The Balaban J connectivity index is 1.90. The number of methoxy groups -OCH3 is 1. The summed E-state index contributed by atoms with van der Waals surface area (Å²) in [6.45, 7) is 6.18. The number of carbonyl (C=O) groups excluding carboxylic acids is 1. The molecule has 3 rings (SSSR count). The third kappa shape index (κ3) is 4.25. The van der Waals surface area contributed by atoms with Gasteiger partial charge in [-0.05, 0) is 43.9 Å². The van der Waals surface area contributed by atoms with Crippen LogP contribution in [0.2, 0.25) is 0 Å². The lowest BCUT2D eigenvalue weighted by atomic mass is 9.99. The molecular weight excluding hydrogens is 380 g/mol. The summed E-state index contributed by atoms with van der Waals surface area (Å²) in [5.41, 5.74) is 4.33. The van der Waals surface area contributed by atoms with Crippen molar-refractivity contribution in [1.29, 1.82) is 0 Å². The molecule has 2 heterocycles. The molecule has 1 aromatic carbocycles. The SMILES string of the molecule is COC(=O)CCCSc1nc2sc(C)c(-c3ccc(C)c(C)c3)c2c(=O)[nH]1. The van der Waals surface area contributed by atoms with Crippen LogP contribution in [0.15, 0.2) is 28.2 Å². The standard InChI is InChI=1S/C20H22N2O3S2/c1-11-7-8-14(10-12(11)2)16-13(3)27-19-17(16)18(24)21-20(22-19)26-9-5-6-15(23)25-4/h7-8,10H,5-6,9H2,1-4H3,(H,21,22,24). The molecule has 27 heavy (non-hydrogen) atoms. The second kappa shape index (κ2) is 8.27. The summed E-state index contributed by atoms with van der Waals surface area (Å²) in [4.78, 5) is 33.3. The van der Waals surface area contributed by atoms with E-state index in [1.165, 1.54) is 30.0 Å². The molecular formula is C20H22N2O3S2. The lowest BCUT2D eigenvalue weighted by Gasteiger charge is -2.06. The molecule has 1 N–H and O–H groups in total. The number of hydrogen-bond acceptors (Lipinski definition) is 6. The first-order chi connectivity index (χ1) is 12.9. The number of thioether (sulfide) groups is 1. The Morgan fingerprint density at radius 3 is 2.74 bits per heavy atom. The van der Waals surface area contributed by atoms with E-state index in [0.29, 0.717) is 29.1 Å². The van der Waals surface area contributed by atoms with Crippen molar-refractivity contribution >= 4 is 39.3 Å². The topological polar surface area (TPSA) is 72.0 Å². The smallest absolute Gasteiger partial charge is 0.305 e. The maximum atomic E-state index is 12.8. The van der Waals surface area contributed by atoms with Gasteiger partial charge in [0.1, 0.15) is 4.83 Å². The highest BCUT2D eigenvalue weighted by atomic mass is 32.2. The quantitative estimate of drug-likeness (QED) is 0.282. The van der Waals surface area contributed by atoms with Crippen LogP contribution in [0.4, 0.5) is 0 Å². The van der Waals surface area contributed by atoms with Crippen LogP contribution in [-0.4, -0.2) is 28.8 Å². The monoisotopic (exact) mass is 402 g/mol. The largest absolute Gasteiger partial charge is 0.469 e. The maximum Gasteiger partial charge on any atom is 0.305 e. The Morgan fingerprint density at radius 2 is 2.04 bits per heavy atom. The number of fused-ring (bicyclic) bond motifs is 1. The van der Waals surface area contributed by atoms with E-state index >= 15 is 0 Å². The minimum Gasteiger partial charge on any atom is -0.469 e. The van der Waals surface area contributed by atoms with Crippen molar-refractivity contribution in [3.8, 4) is 11.1 Å². The van der Waals surface area contributed by atoms with E-state index in [1.54, 1.807) is 11.3 Å².